The highest BCUT2D eigenvalue weighted by molar-refractivity contribution is 5.99. The number of nitrogens with zero attached hydrogens (tertiary/aromatic N) is 3. The molecule has 2 aliphatic rings. The van der Waals surface area contributed by atoms with Crippen molar-refractivity contribution in [3.63, 3.8) is 0 Å². The lowest BCUT2D eigenvalue weighted by Crippen LogP contribution is -2.42. The van der Waals surface area contributed by atoms with Crippen molar-refractivity contribution in [1.82, 2.24) is 15.3 Å². The first-order valence-corrected chi connectivity index (χ1v) is 11.0. The summed E-state index contributed by atoms with van der Waals surface area (Å²) in [5.41, 5.74) is 2.59. The van der Waals surface area contributed by atoms with E-state index in [1.54, 1.807) is 12.3 Å². The summed E-state index contributed by atoms with van der Waals surface area (Å²) in [6, 6.07) is 9.13. The Morgan fingerprint density at radius 3 is 2.52 bits per heavy atom. The molecule has 2 N–H and O–H groups in total. The second-order valence-corrected chi connectivity index (χ2v) is 8.94. The molecule has 2 aromatic heterocycles. The summed E-state index contributed by atoms with van der Waals surface area (Å²) in [6.07, 6.45) is 3.51. The highest BCUT2D eigenvalue weighted by atomic mass is 19.1. The minimum absolute atomic E-state index is 0.160. The van der Waals surface area contributed by atoms with Crippen LogP contribution in [0.3, 0.4) is 0 Å². The van der Waals surface area contributed by atoms with Crippen LogP contribution >= 0.6 is 0 Å². The average Bonchev–Trinajstić information content (AvgIpc) is 3.15. The van der Waals surface area contributed by atoms with Crippen molar-refractivity contribution in [2.45, 2.75) is 38.3 Å². The maximum atomic E-state index is 14.4. The molecule has 0 spiro atoms. The Kier molecular flexibility index (Phi) is 5.32. The first-order valence-electron chi connectivity index (χ1n) is 11.0. The van der Waals surface area contributed by atoms with Crippen molar-refractivity contribution >= 4 is 11.6 Å². The highest BCUT2D eigenvalue weighted by Crippen LogP contribution is 2.31. The Labute approximate surface area is 190 Å². The fraction of sp³-hybridized carbons (Fsp3) is 0.320. The fourth-order valence-corrected chi connectivity index (χ4v) is 4.47. The van der Waals surface area contributed by atoms with Crippen LogP contribution in [0, 0.1) is 11.6 Å². The number of rotatable bonds is 4. The van der Waals surface area contributed by atoms with Crippen LogP contribution in [0.15, 0.2) is 42.6 Å². The van der Waals surface area contributed by atoms with Crippen molar-refractivity contribution < 1.29 is 18.7 Å². The van der Waals surface area contributed by atoms with E-state index in [1.807, 2.05) is 19.1 Å². The van der Waals surface area contributed by atoms with E-state index in [-0.39, 0.29) is 23.7 Å². The molecule has 1 aromatic carbocycles. The third kappa shape index (κ3) is 4.18. The van der Waals surface area contributed by atoms with E-state index in [9.17, 15) is 18.7 Å². The van der Waals surface area contributed by atoms with E-state index in [2.05, 4.69) is 20.2 Å². The number of pyridine rings is 2. The number of hydrogen-bond acceptors (Lipinski definition) is 5. The van der Waals surface area contributed by atoms with Crippen molar-refractivity contribution in [2.24, 2.45) is 0 Å². The molecule has 5 rings (SSSR count). The van der Waals surface area contributed by atoms with Gasteiger partial charge in [-0.05, 0) is 55.7 Å². The van der Waals surface area contributed by atoms with Gasteiger partial charge in [-0.3, -0.25) is 9.78 Å². The van der Waals surface area contributed by atoms with Crippen molar-refractivity contribution in [1.29, 1.82) is 0 Å². The van der Waals surface area contributed by atoms with E-state index in [4.69, 9.17) is 0 Å². The summed E-state index contributed by atoms with van der Waals surface area (Å²) in [5, 5.41) is 12.9. The summed E-state index contributed by atoms with van der Waals surface area (Å²) in [6.45, 7) is 3.58. The van der Waals surface area contributed by atoms with Gasteiger partial charge in [0.25, 0.3) is 5.91 Å². The van der Waals surface area contributed by atoms with Crippen LogP contribution in [0.4, 0.5) is 14.5 Å². The van der Waals surface area contributed by atoms with Crippen LogP contribution in [-0.2, 0) is 13.0 Å². The third-order valence-electron chi connectivity index (χ3n) is 6.42. The number of aromatic nitrogens is 2. The van der Waals surface area contributed by atoms with Gasteiger partial charge in [-0.2, -0.15) is 0 Å². The zero-order valence-electron chi connectivity index (χ0n) is 18.2. The number of aliphatic hydroxyl groups is 1. The Balaban J connectivity index is 1.45. The molecule has 1 fully saturated rings. The summed E-state index contributed by atoms with van der Waals surface area (Å²) in [4.78, 5) is 23.6. The molecule has 0 saturated carbocycles. The van der Waals surface area contributed by atoms with Crippen molar-refractivity contribution in [3.8, 4) is 11.3 Å². The van der Waals surface area contributed by atoms with E-state index in [0.717, 1.165) is 24.5 Å². The highest BCUT2D eigenvalue weighted by Gasteiger charge is 2.28. The molecule has 1 amide bonds. The van der Waals surface area contributed by atoms with E-state index < -0.39 is 17.2 Å². The second kappa shape index (κ2) is 8.19. The molecule has 33 heavy (non-hydrogen) atoms. The van der Waals surface area contributed by atoms with Gasteiger partial charge in [0.2, 0.25) is 0 Å². The molecule has 8 heteroatoms. The fourth-order valence-electron chi connectivity index (χ4n) is 4.47. The molecule has 0 unspecified atom stereocenters. The quantitative estimate of drug-likeness (QED) is 0.635. The van der Waals surface area contributed by atoms with Crippen LogP contribution in [-0.4, -0.2) is 39.7 Å². The first-order chi connectivity index (χ1) is 15.8. The Bertz CT molecular complexity index is 1200. The molecule has 0 atom stereocenters. The number of piperidine rings is 1. The Morgan fingerprint density at radius 1 is 1.12 bits per heavy atom. The minimum Gasteiger partial charge on any atom is -0.390 e. The number of benzene rings is 1. The molecular weight excluding hydrogens is 426 g/mol. The summed E-state index contributed by atoms with van der Waals surface area (Å²) in [7, 11) is 0. The number of anilines is 1. The van der Waals surface area contributed by atoms with Gasteiger partial charge in [-0.25, -0.2) is 13.8 Å². The predicted molar refractivity (Wildman–Crippen MR) is 120 cm³/mol. The number of amides is 1. The molecular formula is C25H24F2N4O2. The first kappa shape index (κ1) is 21.5. The monoisotopic (exact) mass is 450 g/mol. The lowest BCUT2D eigenvalue weighted by Gasteiger charge is -2.37. The summed E-state index contributed by atoms with van der Waals surface area (Å²) < 4.78 is 28.8. The van der Waals surface area contributed by atoms with Gasteiger partial charge in [0.1, 0.15) is 11.6 Å². The van der Waals surface area contributed by atoms with Crippen LogP contribution in [0.5, 0.6) is 0 Å². The Morgan fingerprint density at radius 2 is 1.85 bits per heavy atom. The normalized spacial score (nSPS) is 17.1. The molecule has 2 aliphatic heterocycles. The zero-order chi connectivity index (χ0) is 23.2. The molecule has 0 bridgehead atoms. The van der Waals surface area contributed by atoms with Gasteiger partial charge in [0.15, 0.2) is 0 Å². The van der Waals surface area contributed by atoms with Gasteiger partial charge >= 0.3 is 0 Å². The minimum atomic E-state index is -0.700. The number of hydrogen-bond donors (Lipinski definition) is 2. The van der Waals surface area contributed by atoms with Crippen LogP contribution < -0.4 is 10.2 Å². The third-order valence-corrected chi connectivity index (χ3v) is 6.42. The van der Waals surface area contributed by atoms with Gasteiger partial charge in [-0.1, -0.05) is 6.07 Å². The van der Waals surface area contributed by atoms with E-state index in [1.165, 1.54) is 18.2 Å². The topological polar surface area (TPSA) is 78.3 Å². The summed E-state index contributed by atoms with van der Waals surface area (Å²) in [5.74, 6) is -1.65. The zero-order valence-corrected chi connectivity index (χ0v) is 18.2. The molecule has 6 nitrogen and oxygen atoms in total. The smallest absolute Gasteiger partial charge is 0.253 e. The number of carbonyl (C=O) groups excluding carboxylic acids is 1. The van der Waals surface area contributed by atoms with Gasteiger partial charge < -0.3 is 15.3 Å². The molecule has 4 heterocycles. The summed E-state index contributed by atoms with van der Waals surface area (Å²) >= 11 is 0. The molecule has 3 aromatic rings. The van der Waals surface area contributed by atoms with E-state index >= 15 is 0 Å². The predicted octanol–water partition coefficient (Wildman–Crippen LogP) is 3.61. The number of halogens is 2. The Hall–Kier alpha value is -3.39. The lowest BCUT2D eigenvalue weighted by molar-refractivity contribution is 0.0351. The molecule has 170 valence electrons. The number of nitrogens with one attached hydrogen (secondary N) is 1. The molecule has 1 saturated heterocycles. The molecule has 0 aliphatic carbocycles. The standard InChI is InChI=1S/C25H24F2N4O2/c1-25(33)7-9-31(10-8-25)17-6-5-16(28-13-17)11-15-12-20(23-18(26)3-2-4-19(23)27)30-21-14-29-24(32)22(15)21/h2-6,12-13,33H,7-11,14H2,1H3,(H,29,32). The van der Waals surface area contributed by atoms with Crippen molar-refractivity contribution in [2.75, 3.05) is 18.0 Å². The lowest BCUT2D eigenvalue weighted by atomic mass is 9.93. The maximum absolute atomic E-state index is 14.4. The number of fused-ring (bicyclic) bond motifs is 1. The maximum Gasteiger partial charge on any atom is 0.253 e. The molecule has 0 radical (unpaired) electrons. The van der Waals surface area contributed by atoms with E-state index in [0.29, 0.717) is 36.1 Å². The number of carbonyl (C=O) groups is 1. The average molecular weight is 450 g/mol. The van der Waals surface area contributed by atoms with Gasteiger partial charge in [0.05, 0.1) is 46.5 Å². The van der Waals surface area contributed by atoms with Crippen LogP contribution in [0.1, 0.15) is 47.1 Å². The van der Waals surface area contributed by atoms with Gasteiger partial charge in [-0.15, -0.1) is 0 Å². The SMILES string of the molecule is CC1(O)CCN(c2ccc(Cc3cc(-c4c(F)cccc4F)nc4c3C(=O)NC4)nc2)CC1. The second-order valence-electron chi connectivity index (χ2n) is 8.94. The van der Waals surface area contributed by atoms with Crippen LogP contribution in [0.2, 0.25) is 0 Å². The largest absolute Gasteiger partial charge is 0.390 e. The van der Waals surface area contributed by atoms with Gasteiger partial charge in [0, 0.05) is 25.2 Å². The van der Waals surface area contributed by atoms with Crippen LogP contribution in [0.25, 0.3) is 11.3 Å². The van der Waals surface area contributed by atoms with Crippen molar-refractivity contribution in [3.05, 3.63) is 76.7 Å².